The smallest absolute Gasteiger partial charge is 0.258 e. The minimum absolute atomic E-state index is 0.337. The van der Waals surface area contributed by atoms with Crippen LogP contribution in [0.4, 0.5) is 13.2 Å². The number of aromatic nitrogens is 1. The minimum Gasteiger partial charge on any atom is -0.258 e. The Morgan fingerprint density at radius 2 is 1.88 bits per heavy atom. The zero-order valence-electron chi connectivity index (χ0n) is 13.2. The zero-order chi connectivity index (χ0) is 18.0. The van der Waals surface area contributed by atoms with Gasteiger partial charge in [-0.15, -0.1) is 11.3 Å². The van der Waals surface area contributed by atoms with E-state index < -0.39 is 17.7 Å². The van der Waals surface area contributed by atoms with Crippen LogP contribution >= 0.6 is 11.3 Å². The van der Waals surface area contributed by atoms with Crippen LogP contribution in [0, 0.1) is 18.3 Å². The van der Waals surface area contributed by atoms with Crippen molar-refractivity contribution in [3.05, 3.63) is 76.4 Å². The second-order valence-electron chi connectivity index (χ2n) is 5.62. The predicted octanol–water partition coefficient (Wildman–Crippen LogP) is 5.79. The molecule has 1 aromatic carbocycles. The first-order chi connectivity index (χ1) is 11.9. The molecular weight excluding hydrogens is 345 g/mol. The second-order valence-corrected chi connectivity index (χ2v) is 6.53. The molecule has 0 saturated heterocycles. The lowest BCUT2D eigenvalue weighted by atomic mass is 9.92. The van der Waals surface area contributed by atoms with E-state index in [-0.39, 0.29) is 0 Å². The summed E-state index contributed by atoms with van der Waals surface area (Å²) in [6.07, 6.45) is -3.69. The molecule has 0 aliphatic rings. The molecule has 0 spiro atoms. The van der Waals surface area contributed by atoms with Gasteiger partial charge in [-0.25, -0.2) is 0 Å². The molecule has 0 bridgehead atoms. The third-order valence-corrected chi connectivity index (χ3v) is 4.86. The number of pyridine rings is 1. The van der Waals surface area contributed by atoms with Crippen LogP contribution in [-0.4, -0.2) is 4.98 Å². The standard InChI is InChI=1S/C19H13F3N2S/c1-12-7-17(25-11-12)15-8-14(19(20,21)22)10-24-18(15)16(9-23)13-5-3-2-4-6-13/h2-8,10-11,16H,1H3. The van der Waals surface area contributed by atoms with Gasteiger partial charge in [-0.2, -0.15) is 18.4 Å². The predicted molar refractivity (Wildman–Crippen MR) is 91.2 cm³/mol. The van der Waals surface area contributed by atoms with Crippen molar-refractivity contribution in [1.82, 2.24) is 4.98 Å². The van der Waals surface area contributed by atoms with Crippen molar-refractivity contribution in [1.29, 1.82) is 5.26 Å². The quantitative estimate of drug-likeness (QED) is 0.594. The van der Waals surface area contributed by atoms with Gasteiger partial charge in [-0.1, -0.05) is 30.3 Å². The fourth-order valence-corrected chi connectivity index (χ4v) is 3.49. The Hall–Kier alpha value is -2.65. The van der Waals surface area contributed by atoms with Crippen molar-refractivity contribution in [2.45, 2.75) is 19.0 Å². The molecule has 1 unspecified atom stereocenters. The van der Waals surface area contributed by atoms with E-state index in [1.54, 1.807) is 24.3 Å². The summed E-state index contributed by atoms with van der Waals surface area (Å²) in [5.41, 5.74) is 1.53. The van der Waals surface area contributed by atoms with Crippen LogP contribution in [0.5, 0.6) is 0 Å². The van der Waals surface area contributed by atoms with Gasteiger partial charge in [-0.3, -0.25) is 4.98 Å². The first-order valence-electron chi connectivity index (χ1n) is 7.47. The third kappa shape index (κ3) is 3.57. The van der Waals surface area contributed by atoms with E-state index in [2.05, 4.69) is 11.1 Å². The van der Waals surface area contributed by atoms with E-state index in [1.807, 2.05) is 24.4 Å². The van der Waals surface area contributed by atoms with Crippen LogP contribution in [0.15, 0.2) is 54.0 Å². The summed E-state index contributed by atoms with van der Waals surface area (Å²) in [7, 11) is 0. The Morgan fingerprint density at radius 3 is 2.44 bits per heavy atom. The SMILES string of the molecule is Cc1csc(-c2cc(C(F)(F)F)cnc2C(C#N)c2ccccc2)c1. The number of aryl methyl sites for hydroxylation is 1. The maximum atomic E-state index is 13.1. The van der Waals surface area contributed by atoms with E-state index >= 15 is 0 Å². The Morgan fingerprint density at radius 1 is 1.16 bits per heavy atom. The van der Waals surface area contributed by atoms with E-state index in [9.17, 15) is 18.4 Å². The number of thiophene rings is 1. The molecule has 3 rings (SSSR count). The fourth-order valence-electron chi connectivity index (χ4n) is 2.57. The monoisotopic (exact) mass is 358 g/mol. The molecular formula is C19H13F3N2S. The van der Waals surface area contributed by atoms with Gasteiger partial charge in [0.25, 0.3) is 0 Å². The van der Waals surface area contributed by atoms with Gasteiger partial charge >= 0.3 is 6.18 Å². The largest absolute Gasteiger partial charge is 0.417 e. The number of nitriles is 1. The molecule has 0 amide bonds. The van der Waals surface area contributed by atoms with E-state index in [0.29, 0.717) is 21.7 Å². The normalized spacial score (nSPS) is 12.6. The Kier molecular flexibility index (Phi) is 4.60. The highest BCUT2D eigenvalue weighted by molar-refractivity contribution is 7.13. The van der Waals surface area contributed by atoms with E-state index in [0.717, 1.165) is 17.8 Å². The van der Waals surface area contributed by atoms with Crippen molar-refractivity contribution in [2.75, 3.05) is 0 Å². The minimum atomic E-state index is -4.48. The number of nitrogens with zero attached hydrogens (tertiary/aromatic N) is 2. The lowest BCUT2D eigenvalue weighted by molar-refractivity contribution is -0.137. The van der Waals surface area contributed by atoms with Crippen molar-refractivity contribution in [2.24, 2.45) is 0 Å². The van der Waals surface area contributed by atoms with Crippen molar-refractivity contribution in [3.8, 4) is 16.5 Å². The Labute approximate surface area is 147 Å². The first-order valence-corrected chi connectivity index (χ1v) is 8.35. The maximum Gasteiger partial charge on any atom is 0.417 e. The van der Waals surface area contributed by atoms with E-state index in [1.165, 1.54) is 11.3 Å². The van der Waals surface area contributed by atoms with Gasteiger partial charge in [0.05, 0.1) is 17.3 Å². The van der Waals surface area contributed by atoms with Gasteiger partial charge in [0.2, 0.25) is 0 Å². The highest BCUT2D eigenvalue weighted by atomic mass is 32.1. The molecule has 0 N–H and O–H groups in total. The van der Waals surface area contributed by atoms with Gasteiger partial charge in [-0.05, 0) is 35.6 Å². The molecule has 2 nitrogen and oxygen atoms in total. The van der Waals surface area contributed by atoms with Gasteiger partial charge in [0, 0.05) is 16.6 Å². The van der Waals surface area contributed by atoms with E-state index in [4.69, 9.17) is 0 Å². The molecule has 1 atom stereocenters. The molecule has 6 heteroatoms. The van der Waals surface area contributed by atoms with Gasteiger partial charge < -0.3 is 0 Å². The highest BCUT2D eigenvalue weighted by Crippen LogP contribution is 2.38. The summed E-state index contributed by atoms with van der Waals surface area (Å²) in [6, 6.07) is 14.0. The third-order valence-electron chi connectivity index (χ3n) is 3.78. The molecule has 25 heavy (non-hydrogen) atoms. The Balaban J connectivity index is 2.20. The number of halogens is 3. The zero-order valence-corrected chi connectivity index (χ0v) is 14.0. The van der Waals surface area contributed by atoms with Crippen LogP contribution in [-0.2, 0) is 6.18 Å². The molecule has 0 aliphatic carbocycles. The summed E-state index contributed by atoms with van der Waals surface area (Å²) >= 11 is 1.34. The molecule has 3 aromatic rings. The maximum absolute atomic E-state index is 13.1. The first kappa shape index (κ1) is 17.2. The van der Waals surface area contributed by atoms with Crippen LogP contribution in [0.1, 0.15) is 28.3 Å². The Bertz CT molecular complexity index is 924. The van der Waals surface area contributed by atoms with Crippen molar-refractivity contribution < 1.29 is 13.2 Å². The lowest BCUT2D eigenvalue weighted by Gasteiger charge is -2.15. The number of hydrogen-bond donors (Lipinski definition) is 0. The molecule has 126 valence electrons. The summed E-state index contributed by atoms with van der Waals surface area (Å²) in [6.45, 7) is 1.87. The van der Waals surface area contributed by atoms with Crippen molar-refractivity contribution in [3.63, 3.8) is 0 Å². The molecule has 0 radical (unpaired) electrons. The summed E-state index contributed by atoms with van der Waals surface area (Å²) in [4.78, 5) is 4.71. The topological polar surface area (TPSA) is 36.7 Å². The fraction of sp³-hybridized carbons (Fsp3) is 0.158. The van der Waals surface area contributed by atoms with Gasteiger partial charge in [0.15, 0.2) is 0 Å². The van der Waals surface area contributed by atoms with Crippen LogP contribution in [0.2, 0.25) is 0 Å². The molecule has 0 fully saturated rings. The average molecular weight is 358 g/mol. The van der Waals surface area contributed by atoms with Crippen LogP contribution < -0.4 is 0 Å². The lowest BCUT2D eigenvalue weighted by Crippen LogP contribution is -2.09. The van der Waals surface area contributed by atoms with Crippen LogP contribution in [0.3, 0.4) is 0 Å². The summed E-state index contributed by atoms with van der Waals surface area (Å²) in [5.74, 6) is -0.735. The number of hydrogen-bond acceptors (Lipinski definition) is 3. The molecule has 0 aliphatic heterocycles. The average Bonchev–Trinajstić information content (AvgIpc) is 3.02. The second kappa shape index (κ2) is 6.69. The number of alkyl halides is 3. The highest BCUT2D eigenvalue weighted by Gasteiger charge is 2.33. The van der Waals surface area contributed by atoms with Crippen molar-refractivity contribution >= 4 is 11.3 Å². The number of rotatable bonds is 3. The molecule has 0 saturated carbocycles. The van der Waals surface area contributed by atoms with Gasteiger partial charge in [0.1, 0.15) is 5.92 Å². The summed E-state index contributed by atoms with van der Waals surface area (Å²) in [5, 5.41) is 11.5. The molecule has 2 aromatic heterocycles. The summed E-state index contributed by atoms with van der Waals surface area (Å²) < 4.78 is 39.4. The number of benzene rings is 1. The van der Waals surface area contributed by atoms with Crippen LogP contribution in [0.25, 0.3) is 10.4 Å². The molecule has 2 heterocycles.